The standard InChI is InChI=1S/C17H20F3N5O/c18-17(19,20)11-23-15(26)16(25-9-7-22-13-25)4-1-8-24(12-16)10-14-2-5-21-6-3-14/h2-3,5-7,9,13H,1,4,8,10-12H2,(H,23,26). The van der Waals surface area contributed by atoms with Crippen molar-refractivity contribution in [1.29, 1.82) is 0 Å². The highest BCUT2D eigenvalue weighted by atomic mass is 19.4. The molecule has 1 aliphatic heterocycles. The molecule has 0 bridgehead atoms. The predicted octanol–water partition coefficient (Wildman–Crippen LogP) is 1.95. The van der Waals surface area contributed by atoms with Gasteiger partial charge >= 0.3 is 6.18 Å². The number of pyridine rings is 1. The maximum atomic E-state index is 12.8. The summed E-state index contributed by atoms with van der Waals surface area (Å²) in [6.07, 6.45) is 4.74. The molecule has 0 saturated carbocycles. The van der Waals surface area contributed by atoms with Gasteiger partial charge in [0.15, 0.2) is 0 Å². The average Bonchev–Trinajstić information content (AvgIpc) is 3.15. The van der Waals surface area contributed by atoms with Crippen LogP contribution in [0.2, 0.25) is 0 Å². The van der Waals surface area contributed by atoms with Crippen LogP contribution in [0.25, 0.3) is 0 Å². The smallest absolute Gasteiger partial charge is 0.345 e. The summed E-state index contributed by atoms with van der Waals surface area (Å²) in [5.41, 5.74) is -0.0651. The number of hydrogen-bond acceptors (Lipinski definition) is 4. The second-order valence-corrected chi connectivity index (χ2v) is 6.47. The van der Waals surface area contributed by atoms with E-state index in [9.17, 15) is 18.0 Å². The van der Waals surface area contributed by atoms with E-state index < -0.39 is 24.2 Å². The Kier molecular flexibility index (Phi) is 5.26. The third kappa shape index (κ3) is 4.21. The van der Waals surface area contributed by atoms with Crippen molar-refractivity contribution in [1.82, 2.24) is 24.8 Å². The monoisotopic (exact) mass is 367 g/mol. The maximum absolute atomic E-state index is 12.8. The van der Waals surface area contributed by atoms with Crippen molar-refractivity contribution in [2.24, 2.45) is 0 Å². The number of imidazole rings is 1. The van der Waals surface area contributed by atoms with Crippen molar-refractivity contribution in [2.75, 3.05) is 19.6 Å². The molecule has 1 amide bonds. The molecule has 1 saturated heterocycles. The third-order valence-electron chi connectivity index (χ3n) is 4.58. The number of carbonyl (C=O) groups excluding carboxylic acids is 1. The summed E-state index contributed by atoms with van der Waals surface area (Å²) in [7, 11) is 0. The van der Waals surface area contributed by atoms with E-state index in [1.807, 2.05) is 12.1 Å². The second kappa shape index (κ2) is 7.45. The maximum Gasteiger partial charge on any atom is 0.405 e. The summed E-state index contributed by atoms with van der Waals surface area (Å²) in [4.78, 5) is 22.8. The van der Waals surface area contributed by atoms with Crippen LogP contribution >= 0.6 is 0 Å². The van der Waals surface area contributed by atoms with Gasteiger partial charge in [0.05, 0.1) is 6.33 Å². The molecule has 140 valence electrons. The van der Waals surface area contributed by atoms with E-state index in [2.05, 4.69) is 20.2 Å². The molecule has 0 radical (unpaired) electrons. The van der Waals surface area contributed by atoms with Crippen molar-refractivity contribution in [3.8, 4) is 0 Å². The van der Waals surface area contributed by atoms with Gasteiger partial charge in [-0.3, -0.25) is 14.7 Å². The lowest BCUT2D eigenvalue weighted by molar-refractivity contribution is -0.146. The minimum atomic E-state index is -4.45. The molecule has 1 fully saturated rings. The van der Waals surface area contributed by atoms with Gasteiger partial charge in [0.2, 0.25) is 5.91 Å². The van der Waals surface area contributed by atoms with Crippen LogP contribution in [0.3, 0.4) is 0 Å². The molecule has 2 aromatic heterocycles. The topological polar surface area (TPSA) is 63.1 Å². The van der Waals surface area contributed by atoms with Crippen LogP contribution in [-0.4, -0.2) is 51.2 Å². The number of likely N-dealkylation sites (tertiary alicyclic amines) is 1. The molecule has 6 nitrogen and oxygen atoms in total. The van der Waals surface area contributed by atoms with Crippen molar-refractivity contribution >= 4 is 5.91 Å². The number of nitrogens with zero attached hydrogens (tertiary/aromatic N) is 4. The Morgan fingerprint density at radius 2 is 2.00 bits per heavy atom. The highest BCUT2D eigenvalue weighted by Crippen LogP contribution is 2.30. The quantitative estimate of drug-likeness (QED) is 0.878. The number of piperidine rings is 1. The van der Waals surface area contributed by atoms with Gasteiger partial charge in [0.1, 0.15) is 12.1 Å². The van der Waals surface area contributed by atoms with Crippen LogP contribution in [0.4, 0.5) is 13.2 Å². The van der Waals surface area contributed by atoms with E-state index in [-0.39, 0.29) is 0 Å². The number of alkyl halides is 3. The highest BCUT2D eigenvalue weighted by Gasteiger charge is 2.44. The molecular formula is C17H20F3N5O. The van der Waals surface area contributed by atoms with Crippen molar-refractivity contribution in [2.45, 2.75) is 31.1 Å². The minimum Gasteiger partial charge on any atom is -0.345 e. The fraction of sp³-hybridized carbons (Fsp3) is 0.471. The van der Waals surface area contributed by atoms with E-state index in [1.165, 1.54) is 12.5 Å². The molecule has 0 aliphatic carbocycles. The van der Waals surface area contributed by atoms with Crippen LogP contribution in [0.5, 0.6) is 0 Å². The van der Waals surface area contributed by atoms with Gasteiger partial charge in [-0.15, -0.1) is 0 Å². The lowest BCUT2D eigenvalue weighted by Gasteiger charge is -2.42. The van der Waals surface area contributed by atoms with Crippen molar-refractivity contribution in [3.05, 3.63) is 48.8 Å². The average molecular weight is 367 g/mol. The zero-order chi connectivity index (χ0) is 18.6. The van der Waals surface area contributed by atoms with E-state index >= 15 is 0 Å². The summed E-state index contributed by atoms with van der Waals surface area (Å²) in [5, 5.41) is 2.06. The number of hydrogen-bond donors (Lipinski definition) is 1. The second-order valence-electron chi connectivity index (χ2n) is 6.47. The molecular weight excluding hydrogens is 347 g/mol. The Hall–Kier alpha value is -2.42. The first kappa shape index (κ1) is 18.4. The Bertz CT molecular complexity index is 720. The summed E-state index contributed by atoms with van der Waals surface area (Å²) < 4.78 is 39.3. The lowest BCUT2D eigenvalue weighted by atomic mass is 9.87. The molecule has 1 atom stereocenters. The molecule has 1 aliphatic rings. The Labute approximate surface area is 149 Å². The largest absolute Gasteiger partial charge is 0.405 e. The van der Waals surface area contributed by atoms with Gasteiger partial charge in [-0.25, -0.2) is 4.98 Å². The predicted molar refractivity (Wildman–Crippen MR) is 88.0 cm³/mol. The van der Waals surface area contributed by atoms with Gasteiger partial charge in [-0.1, -0.05) is 0 Å². The van der Waals surface area contributed by atoms with Crippen molar-refractivity contribution < 1.29 is 18.0 Å². The molecule has 1 unspecified atom stereocenters. The van der Waals surface area contributed by atoms with E-state index in [0.717, 1.165) is 12.1 Å². The fourth-order valence-corrected chi connectivity index (χ4v) is 3.38. The molecule has 0 aromatic carbocycles. The SMILES string of the molecule is O=C(NCC(F)(F)F)C1(n2ccnc2)CCCN(Cc2ccncc2)C1. The third-order valence-corrected chi connectivity index (χ3v) is 4.58. The van der Waals surface area contributed by atoms with Gasteiger partial charge in [0, 0.05) is 37.9 Å². The van der Waals surface area contributed by atoms with Gasteiger partial charge in [-0.2, -0.15) is 13.2 Å². The first-order chi connectivity index (χ1) is 12.4. The normalized spacial score (nSPS) is 21.5. The molecule has 9 heteroatoms. The van der Waals surface area contributed by atoms with Gasteiger partial charge in [-0.05, 0) is 37.1 Å². The lowest BCUT2D eigenvalue weighted by Crippen LogP contribution is -2.58. The molecule has 1 N–H and O–H groups in total. The van der Waals surface area contributed by atoms with Crippen LogP contribution < -0.4 is 5.32 Å². The molecule has 26 heavy (non-hydrogen) atoms. The molecule has 3 rings (SSSR count). The summed E-state index contributed by atoms with van der Waals surface area (Å²) in [5.74, 6) is -0.632. The summed E-state index contributed by atoms with van der Waals surface area (Å²) in [6.45, 7) is 0.346. The first-order valence-electron chi connectivity index (χ1n) is 8.34. The first-order valence-corrected chi connectivity index (χ1v) is 8.34. The molecule has 0 spiro atoms. The Balaban J connectivity index is 1.80. The van der Waals surface area contributed by atoms with E-state index in [4.69, 9.17) is 0 Å². The highest BCUT2D eigenvalue weighted by molar-refractivity contribution is 5.85. The van der Waals surface area contributed by atoms with Crippen LogP contribution in [0.15, 0.2) is 43.2 Å². The van der Waals surface area contributed by atoms with E-state index in [1.54, 1.807) is 23.2 Å². The van der Waals surface area contributed by atoms with Gasteiger partial charge < -0.3 is 9.88 Å². The van der Waals surface area contributed by atoms with Crippen LogP contribution in [0, 0.1) is 0 Å². The number of rotatable bonds is 5. The summed E-state index contributed by atoms with van der Waals surface area (Å²) >= 11 is 0. The number of aromatic nitrogens is 3. The molecule has 2 aromatic rings. The summed E-state index contributed by atoms with van der Waals surface area (Å²) in [6, 6.07) is 3.77. The number of nitrogens with one attached hydrogen (secondary N) is 1. The fourth-order valence-electron chi connectivity index (χ4n) is 3.38. The van der Waals surface area contributed by atoms with E-state index in [0.29, 0.717) is 25.9 Å². The Morgan fingerprint density at radius 3 is 2.65 bits per heavy atom. The number of amides is 1. The van der Waals surface area contributed by atoms with Crippen LogP contribution in [-0.2, 0) is 16.9 Å². The number of carbonyl (C=O) groups is 1. The molecule has 3 heterocycles. The zero-order valence-electron chi connectivity index (χ0n) is 14.1. The van der Waals surface area contributed by atoms with Crippen LogP contribution in [0.1, 0.15) is 18.4 Å². The zero-order valence-corrected chi connectivity index (χ0v) is 14.1. The van der Waals surface area contributed by atoms with Gasteiger partial charge in [0.25, 0.3) is 0 Å². The Morgan fingerprint density at radius 1 is 1.23 bits per heavy atom. The van der Waals surface area contributed by atoms with Crippen molar-refractivity contribution in [3.63, 3.8) is 0 Å². The number of halogens is 3. The minimum absolute atomic E-state index is 0.315.